The van der Waals surface area contributed by atoms with Crippen LogP contribution in [-0.2, 0) is 11.2 Å². The second kappa shape index (κ2) is 6.60. The first-order valence-corrected chi connectivity index (χ1v) is 7.37. The molecule has 2 amide bonds. The van der Waals surface area contributed by atoms with E-state index in [9.17, 15) is 9.59 Å². The molecule has 6 nitrogen and oxygen atoms in total. The van der Waals surface area contributed by atoms with E-state index in [1.807, 2.05) is 11.8 Å². The molecule has 2 heterocycles. The second-order valence-corrected chi connectivity index (χ2v) is 5.25. The van der Waals surface area contributed by atoms with Crippen molar-refractivity contribution in [2.24, 2.45) is 0 Å². The molecule has 0 spiro atoms. The van der Waals surface area contributed by atoms with Gasteiger partial charge in [0.2, 0.25) is 5.91 Å². The summed E-state index contributed by atoms with van der Waals surface area (Å²) >= 11 is 1.10. The fraction of sp³-hybridized carbons (Fsp3) is 0.667. The molecule has 0 aromatic carbocycles. The molecule has 7 heteroatoms. The van der Waals surface area contributed by atoms with Crippen LogP contribution >= 0.6 is 11.5 Å². The third-order valence-corrected chi connectivity index (χ3v) is 3.95. The predicted molar refractivity (Wildman–Crippen MR) is 72.1 cm³/mol. The van der Waals surface area contributed by atoms with Crippen LogP contribution in [0.15, 0.2) is 0 Å². The molecule has 1 N–H and O–H groups in total. The van der Waals surface area contributed by atoms with Crippen molar-refractivity contribution in [3.05, 3.63) is 10.6 Å². The van der Waals surface area contributed by atoms with E-state index in [0.29, 0.717) is 30.0 Å². The Labute approximate surface area is 116 Å². The number of amides is 2. The van der Waals surface area contributed by atoms with Crippen LogP contribution in [0.25, 0.3) is 0 Å². The quantitative estimate of drug-likeness (QED) is 0.868. The van der Waals surface area contributed by atoms with E-state index in [0.717, 1.165) is 37.5 Å². The van der Waals surface area contributed by atoms with Gasteiger partial charge in [-0.1, -0.05) is 11.4 Å². The molecule has 0 atom stereocenters. The number of rotatable bonds is 5. The molecule has 19 heavy (non-hydrogen) atoms. The van der Waals surface area contributed by atoms with Crippen LogP contribution in [0.3, 0.4) is 0 Å². The average Bonchev–Trinajstić information content (AvgIpc) is 3.09. The Morgan fingerprint density at radius 3 is 2.79 bits per heavy atom. The summed E-state index contributed by atoms with van der Waals surface area (Å²) in [5, 5.41) is 6.65. The number of nitrogens with zero attached hydrogens (tertiary/aromatic N) is 3. The zero-order valence-electron chi connectivity index (χ0n) is 11.0. The van der Waals surface area contributed by atoms with Crippen molar-refractivity contribution in [1.29, 1.82) is 0 Å². The third kappa shape index (κ3) is 3.50. The van der Waals surface area contributed by atoms with Gasteiger partial charge in [-0.05, 0) is 30.8 Å². The van der Waals surface area contributed by atoms with Gasteiger partial charge in [-0.3, -0.25) is 9.59 Å². The van der Waals surface area contributed by atoms with Crippen molar-refractivity contribution in [2.75, 3.05) is 19.6 Å². The van der Waals surface area contributed by atoms with Gasteiger partial charge in [0.1, 0.15) is 4.88 Å². The highest BCUT2D eigenvalue weighted by Crippen LogP contribution is 2.11. The Morgan fingerprint density at radius 2 is 2.11 bits per heavy atom. The van der Waals surface area contributed by atoms with E-state index in [1.54, 1.807) is 0 Å². The molecule has 1 aromatic heterocycles. The van der Waals surface area contributed by atoms with Crippen molar-refractivity contribution in [3.8, 4) is 0 Å². The minimum atomic E-state index is -0.180. The smallest absolute Gasteiger partial charge is 0.264 e. The van der Waals surface area contributed by atoms with E-state index >= 15 is 0 Å². The van der Waals surface area contributed by atoms with Crippen LogP contribution in [0, 0.1) is 0 Å². The minimum Gasteiger partial charge on any atom is -0.351 e. The maximum Gasteiger partial charge on any atom is 0.264 e. The third-order valence-electron chi connectivity index (χ3n) is 3.18. The summed E-state index contributed by atoms with van der Waals surface area (Å²) in [4.78, 5) is 26.1. The molecule has 0 saturated carbocycles. The van der Waals surface area contributed by atoms with Gasteiger partial charge in [0.05, 0.1) is 5.69 Å². The van der Waals surface area contributed by atoms with Gasteiger partial charge in [0.15, 0.2) is 0 Å². The van der Waals surface area contributed by atoms with Crippen LogP contribution < -0.4 is 5.32 Å². The number of carbonyl (C=O) groups is 2. The van der Waals surface area contributed by atoms with Gasteiger partial charge < -0.3 is 10.2 Å². The van der Waals surface area contributed by atoms with Crippen LogP contribution in [0.1, 0.15) is 41.6 Å². The first-order chi connectivity index (χ1) is 9.22. The Kier molecular flexibility index (Phi) is 4.84. The van der Waals surface area contributed by atoms with Gasteiger partial charge in [-0.2, -0.15) is 0 Å². The standard InChI is InChI=1S/C12H18N4O2S/c1-2-9-11(19-15-14-9)12(18)13-6-5-10(17)16-7-3-4-8-16/h2-8H2,1H3,(H,13,18). The first kappa shape index (κ1) is 13.9. The molecule has 1 aliphatic heterocycles. The SMILES string of the molecule is CCc1nnsc1C(=O)NCCC(=O)N1CCCC1. The zero-order valence-corrected chi connectivity index (χ0v) is 11.8. The minimum absolute atomic E-state index is 0.121. The molecule has 1 saturated heterocycles. The van der Waals surface area contributed by atoms with Crippen LogP contribution in [-0.4, -0.2) is 45.9 Å². The highest BCUT2D eigenvalue weighted by molar-refractivity contribution is 7.08. The number of hydrogen-bond donors (Lipinski definition) is 1. The Morgan fingerprint density at radius 1 is 1.37 bits per heavy atom. The Balaban J connectivity index is 1.76. The molecule has 0 aliphatic carbocycles. The lowest BCUT2D eigenvalue weighted by Gasteiger charge is -2.14. The maximum atomic E-state index is 11.9. The van der Waals surface area contributed by atoms with Gasteiger partial charge in [0, 0.05) is 26.1 Å². The number of carbonyl (C=O) groups excluding carboxylic acids is 2. The molecule has 0 bridgehead atoms. The van der Waals surface area contributed by atoms with Gasteiger partial charge in [-0.15, -0.1) is 5.10 Å². The summed E-state index contributed by atoms with van der Waals surface area (Å²) in [6.45, 7) is 4.01. The fourth-order valence-corrected chi connectivity index (χ4v) is 2.77. The van der Waals surface area contributed by atoms with Crippen LogP contribution in [0.2, 0.25) is 0 Å². The van der Waals surface area contributed by atoms with Gasteiger partial charge >= 0.3 is 0 Å². The number of nitrogens with one attached hydrogen (secondary N) is 1. The summed E-state index contributed by atoms with van der Waals surface area (Å²) in [6.07, 6.45) is 3.22. The van der Waals surface area contributed by atoms with Crippen molar-refractivity contribution >= 4 is 23.3 Å². The summed E-state index contributed by atoms with van der Waals surface area (Å²) in [7, 11) is 0. The van der Waals surface area contributed by atoms with Crippen LogP contribution in [0.5, 0.6) is 0 Å². The molecule has 0 radical (unpaired) electrons. The lowest BCUT2D eigenvalue weighted by atomic mass is 10.3. The zero-order chi connectivity index (χ0) is 13.7. The molecule has 1 fully saturated rings. The van der Waals surface area contributed by atoms with E-state index in [2.05, 4.69) is 14.9 Å². The van der Waals surface area contributed by atoms with Crippen molar-refractivity contribution in [2.45, 2.75) is 32.6 Å². The number of likely N-dealkylation sites (tertiary alicyclic amines) is 1. The molecule has 0 unspecified atom stereocenters. The molecular formula is C12H18N4O2S. The largest absolute Gasteiger partial charge is 0.351 e. The van der Waals surface area contributed by atoms with Crippen molar-refractivity contribution < 1.29 is 9.59 Å². The average molecular weight is 282 g/mol. The summed E-state index contributed by atoms with van der Waals surface area (Å²) < 4.78 is 3.78. The highest BCUT2D eigenvalue weighted by atomic mass is 32.1. The van der Waals surface area contributed by atoms with Gasteiger partial charge in [0.25, 0.3) is 5.91 Å². The summed E-state index contributed by atoms with van der Waals surface area (Å²) in [6, 6.07) is 0. The first-order valence-electron chi connectivity index (χ1n) is 6.59. The molecule has 104 valence electrons. The highest BCUT2D eigenvalue weighted by Gasteiger charge is 2.18. The number of aryl methyl sites for hydroxylation is 1. The normalized spacial score (nSPS) is 14.7. The second-order valence-electron chi connectivity index (χ2n) is 4.50. The molecular weight excluding hydrogens is 264 g/mol. The molecule has 1 aromatic rings. The lowest BCUT2D eigenvalue weighted by molar-refractivity contribution is -0.129. The summed E-state index contributed by atoms with van der Waals surface area (Å²) in [5.41, 5.74) is 0.716. The number of aromatic nitrogens is 2. The van der Waals surface area contributed by atoms with E-state index in [1.165, 1.54) is 0 Å². The Hall–Kier alpha value is -1.50. The monoisotopic (exact) mass is 282 g/mol. The van der Waals surface area contributed by atoms with E-state index < -0.39 is 0 Å². The van der Waals surface area contributed by atoms with Gasteiger partial charge in [-0.25, -0.2) is 0 Å². The molecule has 2 rings (SSSR count). The van der Waals surface area contributed by atoms with E-state index in [4.69, 9.17) is 0 Å². The molecule has 1 aliphatic rings. The topological polar surface area (TPSA) is 75.2 Å². The summed E-state index contributed by atoms with van der Waals surface area (Å²) in [5.74, 6) is -0.0583. The van der Waals surface area contributed by atoms with E-state index in [-0.39, 0.29) is 11.8 Å². The van der Waals surface area contributed by atoms with Crippen molar-refractivity contribution in [3.63, 3.8) is 0 Å². The van der Waals surface area contributed by atoms with Crippen molar-refractivity contribution in [1.82, 2.24) is 19.8 Å². The predicted octanol–water partition coefficient (Wildman–Crippen LogP) is 0.843. The Bertz CT molecular complexity index is 454. The lowest BCUT2D eigenvalue weighted by Crippen LogP contribution is -2.32. The fourth-order valence-electron chi connectivity index (χ4n) is 2.10. The number of hydrogen-bond acceptors (Lipinski definition) is 5. The van der Waals surface area contributed by atoms with Crippen LogP contribution in [0.4, 0.5) is 0 Å². The maximum absolute atomic E-state index is 11.9.